The fourth-order valence-electron chi connectivity index (χ4n) is 3.89. The number of hydrogen-bond donors (Lipinski definition) is 5. The van der Waals surface area contributed by atoms with E-state index in [1.165, 1.54) is 0 Å². The van der Waals surface area contributed by atoms with Crippen LogP contribution in [0.25, 0.3) is 0 Å². The third-order valence-corrected chi connectivity index (χ3v) is 6.62. The summed E-state index contributed by atoms with van der Waals surface area (Å²) in [5.74, 6) is -1.74. The smallest absolute Gasteiger partial charge is 0.407 e. The number of nitrogens with one attached hydrogen (secondary N) is 3. The van der Waals surface area contributed by atoms with Gasteiger partial charge < -0.3 is 25.8 Å². The van der Waals surface area contributed by atoms with Gasteiger partial charge in [-0.25, -0.2) is 4.79 Å². The van der Waals surface area contributed by atoms with Crippen molar-refractivity contribution in [2.45, 2.75) is 63.5 Å². The van der Waals surface area contributed by atoms with E-state index in [0.717, 1.165) is 5.56 Å². The van der Waals surface area contributed by atoms with E-state index in [9.17, 15) is 32.5 Å². The lowest BCUT2D eigenvalue weighted by molar-refractivity contribution is -0.126. The lowest BCUT2D eigenvalue weighted by Crippen LogP contribution is -2.55. The highest BCUT2D eigenvalue weighted by Crippen LogP contribution is 2.20. The van der Waals surface area contributed by atoms with Crippen LogP contribution in [0.2, 0.25) is 0 Å². The van der Waals surface area contributed by atoms with Crippen LogP contribution in [0.4, 0.5) is 4.79 Å². The van der Waals surface area contributed by atoms with E-state index in [1.807, 2.05) is 44.2 Å². The molecule has 1 aliphatic rings. The predicted octanol–water partition coefficient (Wildman–Crippen LogP) is 0.977. The minimum atomic E-state index is -4.92. The number of hydrogen-bond acceptors (Lipinski definition) is 7. The highest BCUT2D eigenvalue weighted by Gasteiger charge is 2.37. The van der Waals surface area contributed by atoms with E-state index in [4.69, 9.17) is 4.74 Å². The van der Waals surface area contributed by atoms with E-state index in [2.05, 4.69) is 16.0 Å². The van der Waals surface area contributed by atoms with Crippen molar-refractivity contribution < 1.29 is 37.2 Å². The number of aryl methyl sites for hydroxylation is 1. The molecular formula is C23H35N3O8S. The monoisotopic (exact) mass is 513 g/mol. The van der Waals surface area contributed by atoms with Gasteiger partial charge in [-0.3, -0.25) is 14.1 Å². The summed E-state index contributed by atoms with van der Waals surface area (Å²) in [7, 11) is -4.92. The molecule has 0 saturated carbocycles. The number of carbonyl (C=O) groups excluding carboxylic acids is 3. The molecule has 1 unspecified atom stereocenters. The predicted molar refractivity (Wildman–Crippen MR) is 128 cm³/mol. The summed E-state index contributed by atoms with van der Waals surface area (Å²) in [5.41, 5.74) is -1.22. The zero-order chi connectivity index (χ0) is 26.0. The summed E-state index contributed by atoms with van der Waals surface area (Å²) in [5, 5.41) is 17.6. The van der Waals surface area contributed by atoms with Crippen molar-refractivity contribution in [3.8, 4) is 0 Å². The molecule has 0 aliphatic carbocycles. The number of carbonyl (C=O) groups is 3. The maximum atomic E-state index is 13.0. The Kier molecular flexibility index (Phi) is 10.9. The average Bonchev–Trinajstić information content (AvgIpc) is 3.19. The summed E-state index contributed by atoms with van der Waals surface area (Å²) in [6, 6.07) is 7.16. The van der Waals surface area contributed by atoms with E-state index in [-0.39, 0.29) is 31.3 Å². The first-order chi connectivity index (χ1) is 16.5. The van der Waals surface area contributed by atoms with Crippen molar-refractivity contribution in [2.24, 2.45) is 11.8 Å². The van der Waals surface area contributed by atoms with E-state index < -0.39 is 45.6 Å². The van der Waals surface area contributed by atoms with Crippen LogP contribution in [0.1, 0.15) is 45.1 Å². The van der Waals surface area contributed by atoms with Crippen LogP contribution in [0, 0.1) is 11.8 Å². The van der Waals surface area contributed by atoms with Crippen LogP contribution in [-0.4, -0.2) is 66.7 Å². The third kappa shape index (κ3) is 9.82. The molecule has 1 aromatic rings. The molecule has 196 valence electrons. The molecule has 35 heavy (non-hydrogen) atoms. The molecule has 1 fully saturated rings. The Morgan fingerprint density at radius 3 is 2.46 bits per heavy atom. The van der Waals surface area contributed by atoms with Gasteiger partial charge in [0.25, 0.3) is 10.1 Å². The van der Waals surface area contributed by atoms with Crippen molar-refractivity contribution in [1.82, 2.24) is 16.0 Å². The van der Waals surface area contributed by atoms with Gasteiger partial charge in [0.2, 0.25) is 17.3 Å². The molecular weight excluding hydrogens is 478 g/mol. The highest BCUT2D eigenvalue weighted by molar-refractivity contribution is 7.86. The molecule has 4 atom stereocenters. The Labute approximate surface area is 205 Å². The Hall–Kier alpha value is -2.70. The Morgan fingerprint density at radius 2 is 1.89 bits per heavy atom. The fraction of sp³-hybridized carbons (Fsp3) is 0.609. The van der Waals surface area contributed by atoms with Gasteiger partial charge in [0.1, 0.15) is 6.04 Å². The van der Waals surface area contributed by atoms with Gasteiger partial charge in [-0.05, 0) is 43.6 Å². The van der Waals surface area contributed by atoms with E-state index >= 15 is 0 Å². The van der Waals surface area contributed by atoms with E-state index in [0.29, 0.717) is 25.8 Å². The second-order valence-corrected chi connectivity index (χ2v) is 10.6. The highest BCUT2D eigenvalue weighted by atomic mass is 32.2. The normalized spacial score (nSPS) is 18.4. The minimum absolute atomic E-state index is 0.0188. The topological polar surface area (TPSA) is 171 Å². The van der Waals surface area contributed by atoms with Crippen molar-refractivity contribution in [2.75, 3.05) is 13.2 Å². The second kappa shape index (κ2) is 13.4. The van der Waals surface area contributed by atoms with Crippen molar-refractivity contribution >= 4 is 28.0 Å². The molecule has 0 aromatic heterocycles. The van der Waals surface area contributed by atoms with Crippen molar-refractivity contribution in [3.05, 3.63) is 35.9 Å². The molecule has 5 N–H and O–H groups in total. The molecule has 0 bridgehead atoms. The lowest BCUT2D eigenvalue weighted by Gasteiger charge is -2.27. The van der Waals surface area contributed by atoms with Crippen LogP contribution in [0.15, 0.2) is 30.3 Å². The summed E-state index contributed by atoms with van der Waals surface area (Å²) >= 11 is 0. The van der Waals surface area contributed by atoms with Crippen molar-refractivity contribution in [1.29, 1.82) is 0 Å². The van der Waals surface area contributed by atoms with Crippen LogP contribution in [-0.2, 0) is 30.9 Å². The van der Waals surface area contributed by atoms with Crippen LogP contribution in [0.3, 0.4) is 0 Å². The number of benzene rings is 1. The minimum Gasteiger partial charge on any atom is -0.450 e. The average molecular weight is 514 g/mol. The maximum absolute atomic E-state index is 13.0. The number of ether oxygens (including phenoxy) is 1. The summed E-state index contributed by atoms with van der Waals surface area (Å²) in [4.78, 5) is 37.2. The number of aliphatic hydroxyl groups is 1. The molecule has 1 saturated heterocycles. The Morgan fingerprint density at radius 1 is 1.20 bits per heavy atom. The molecule has 0 radical (unpaired) electrons. The van der Waals surface area contributed by atoms with Crippen LogP contribution >= 0.6 is 0 Å². The zero-order valence-corrected chi connectivity index (χ0v) is 20.8. The van der Waals surface area contributed by atoms with Crippen LogP contribution < -0.4 is 16.0 Å². The summed E-state index contributed by atoms with van der Waals surface area (Å²) in [6.07, 6.45) is 0.909. The van der Waals surface area contributed by atoms with Gasteiger partial charge in [0, 0.05) is 12.5 Å². The van der Waals surface area contributed by atoms with Crippen LogP contribution in [0.5, 0.6) is 0 Å². The molecule has 1 heterocycles. The first-order valence-corrected chi connectivity index (χ1v) is 13.2. The summed E-state index contributed by atoms with van der Waals surface area (Å²) in [6.45, 7) is 4.19. The Balaban J connectivity index is 1.98. The van der Waals surface area contributed by atoms with Crippen molar-refractivity contribution in [3.63, 3.8) is 0 Å². The standard InChI is InChI=1S/C23H35N3O8S/c1-15(2)13-18(26-23(30)34-12-6-9-16-7-4-3-5-8-16)21(28)25-19(22(29)35(31,32)33)14-17-10-11-24-20(17)27/h3-5,7-8,15,17-19,22,29H,6,9-14H2,1-2H3,(H,24,27)(H,25,28)(H,26,30)(H,31,32,33)/t17-,18-,19-,22?/m0/s1. The molecule has 11 nitrogen and oxygen atoms in total. The molecule has 12 heteroatoms. The van der Waals surface area contributed by atoms with Gasteiger partial charge in [-0.2, -0.15) is 8.42 Å². The van der Waals surface area contributed by atoms with Gasteiger partial charge in [-0.1, -0.05) is 44.2 Å². The maximum Gasteiger partial charge on any atom is 0.407 e. The van der Waals surface area contributed by atoms with Gasteiger partial charge in [0.15, 0.2) is 0 Å². The number of rotatable bonds is 13. The third-order valence-electron chi connectivity index (χ3n) is 5.68. The number of alkyl carbamates (subject to hydrolysis) is 1. The second-order valence-electron chi connectivity index (χ2n) is 9.08. The first-order valence-electron chi connectivity index (χ1n) is 11.7. The van der Waals surface area contributed by atoms with Gasteiger partial charge in [0.05, 0.1) is 12.6 Å². The fourth-order valence-corrected chi connectivity index (χ4v) is 4.48. The SMILES string of the molecule is CC(C)C[C@H](NC(=O)OCCCc1ccccc1)C(=O)N[C@@H](C[C@@H]1CCNC1=O)C(O)S(=O)(=O)O. The van der Waals surface area contributed by atoms with Gasteiger partial charge >= 0.3 is 6.09 Å². The summed E-state index contributed by atoms with van der Waals surface area (Å²) < 4.78 is 37.6. The molecule has 3 amide bonds. The molecule has 0 spiro atoms. The first kappa shape index (κ1) is 28.5. The van der Waals surface area contributed by atoms with E-state index in [1.54, 1.807) is 0 Å². The molecule has 2 rings (SSSR count). The zero-order valence-electron chi connectivity index (χ0n) is 20.0. The number of amides is 3. The number of aliphatic hydroxyl groups excluding tert-OH is 1. The van der Waals surface area contributed by atoms with Gasteiger partial charge in [-0.15, -0.1) is 0 Å². The molecule has 1 aromatic carbocycles. The molecule has 1 aliphatic heterocycles. The largest absolute Gasteiger partial charge is 0.450 e. The Bertz CT molecular complexity index is 955. The lowest BCUT2D eigenvalue weighted by atomic mass is 9.97. The quantitative estimate of drug-likeness (QED) is 0.192.